The van der Waals surface area contributed by atoms with Crippen LogP contribution in [0.25, 0.3) is 0 Å². The molecule has 3 N–H and O–H groups in total. The minimum atomic E-state index is -0.0771. The average molecular weight is 257 g/mol. The van der Waals surface area contributed by atoms with Crippen molar-refractivity contribution < 1.29 is 4.74 Å². The Bertz CT molecular complexity index is 582. The van der Waals surface area contributed by atoms with Crippen LogP contribution in [0.1, 0.15) is 5.69 Å². The first-order valence-electron chi connectivity index (χ1n) is 5.67. The Morgan fingerprint density at radius 3 is 2.53 bits per heavy atom. The summed E-state index contributed by atoms with van der Waals surface area (Å²) in [5.74, 6) is 1.19. The molecular formula is C13H15N5O. The Balaban J connectivity index is 2.29. The molecule has 0 unspecified atom stereocenters. The molecule has 0 spiro atoms. The van der Waals surface area contributed by atoms with Gasteiger partial charge in [0.1, 0.15) is 17.3 Å². The number of anilines is 2. The Hall–Kier alpha value is -2.63. The van der Waals surface area contributed by atoms with Gasteiger partial charge in [0.15, 0.2) is 0 Å². The molecule has 6 nitrogen and oxygen atoms in total. The molecule has 19 heavy (non-hydrogen) atoms. The van der Waals surface area contributed by atoms with Crippen LogP contribution >= 0.6 is 0 Å². The van der Waals surface area contributed by atoms with E-state index < -0.39 is 0 Å². The van der Waals surface area contributed by atoms with Crippen molar-refractivity contribution in [1.29, 1.82) is 5.41 Å². The molecule has 0 saturated carbocycles. The van der Waals surface area contributed by atoms with Gasteiger partial charge < -0.3 is 15.4 Å². The summed E-state index contributed by atoms with van der Waals surface area (Å²) >= 11 is 0. The van der Waals surface area contributed by atoms with Crippen molar-refractivity contribution in [3.8, 4) is 5.75 Å². The van der Waals surface area contributed by atoms with Gasteiger partial charge in [-0.05, 0) is 30.3 Å². The average Bonchev–Trinajstić information content (AvgIpc) is 2.46. The lowest BCUT2D eigenvalue weighted by atomic mass is 10.3. The van der Waals surface area contributed by atoms with E-state index in [1.54, 1.807) is 19.4 Å². The second-order valence-corrected chi connectivity index (χ2v) is 3.91. The van der Waals surface area contributed by atoms with E-state index in [1.807, 2.05) is 36.2 Å². The number of nitrogen functional groups attached to an aromatic ring is 1. The van der Waals surface area contributed by atoms with Crippen molar-refractivity contribution in [3.05, 3.63) is 42.2 Å². The molecule has 1 aromatic heterocycles. The number of rotatable bonds is 4. The second kappa shape index (κ2) is 5.34. The normalized spacial score (nSPS) is 10.0. The minimum absolute atomic E-state index is 0.0771. The third-order valence-electron chi connectivity index (χ3n) is 2.68. The number of benzene rings is 1. The number of nitrogens with one attached hydrogen (secondary N) is 1. The fourth-order valence-corrected chi connectivity index (χ4v) is 1.58. The van der Waals surface area contributed by atoms with Crippen LogP contribution in [0.4, 0.5) is 11.6 Å². The smallest absolute Gasteiger partial charge is 0.230 e. The van der Waals surface area contributed by atoms with Gasteiger partial charge in [-0.1, -0.05) is 0 Å². The first kappa shape index (κ1) is 12.8. The maximum absolute atomic E-state index is 7.38. The third-order valence-corrected chi connectivity index (χ3v) is 2.68. The van der Waals surface area contributed by atoms with Crippen molar-refractivity contribution in [2.45, 2.75) is 0 Å². The number of ether oxygens (including phenoxy) is 1. The van der Waals surface area contributed by atoms with Gasteiger partial charge in [0.2, 0.25) is 5.95 Å². The molecule has 0 aliphatic rings. The van der Waals surface area contributed by atoms with E-state index in [0.717, 1.165) is 11.4 Å². The number of nitrogens with zero attached hydrogens (tertiary/aromatic N) is 3. The van der Waals surface area contributed by atoms with Gasteiger partial charge in [0.25, 0.3) is 0 Å². The summed E-state index contributed by atoms with van der Waals surface area (Å²) in [5, 5.41) is 7.38. The van der Waals surface area contributed by atoms with Gasteiger partial charge in [0.05, 0.1) is 7.11 Å². The lowest BCUT2D eigenvalue weighted by Gasteiger charge is -2.17. The van der Waals surface area contributed by atoms with Crippen molar-refractivity contribution in [3.63, 3.8) is 0 Å². The van der Waals surface area contributed by atoms with Crippen LogP contribution in [0.5, 0.6) is 5.75 Å². The second-order valence-electron chi connectivity index (χ2n) is 3.91. The van der Waals surface area contributed by atoms with Crippen LogP contribution in [0.2, 0.25) is 0 Å². The maximum Gasteiger partial charge on any atom is 0.230 e. The quantitative estimate of drug-likeness (QED) is 0.640. The molecule has 0 aliphatic heterocycles. The Morgan fingerprint density at radius 2 is 1.95 bits per heavy atom. The minimum Gasteiger partial charge on any atom is -0.497 e. The van der Waals surface area contributed by atoms with Gasteiger partial charge in [-0.15, -0.1) is 0 Å². The van der Waals surface area contributed by atoms with Gasteiger partial charge in [-0.25, -0.2) is 9.97 Å². The molecule has 1 heterocycles. The molecule has 0 atom stereocenters. The van der Waals surface area contributed by atoms with E-state index in [1.165, 1.54) is 0 Å². The highest BCUT2D eigenvalue weighted by Gasteiger charge is 2.08. The summed E-state index contributed by atoms with van der Waals surface area (Å²) in [7, 11) is 3.47. The zero-order valence-corrected chi connectivity index (χ0v) is 10.8. The molecule has 2 aromatic rings. The fourth-order valence-electron chi connectivity index (χ4n) is 1.58. The molecule has 0 bridgehead atoms. The van der Waals surface area contributed by atoms with Gasteiger partial charge in [-0.3, -0.25) is 5.41 Å². The molecule has 1 aromatic carbocycles. The molecule has 0 amide bonds. The molecule has 0 radical (unpaired) electrons. The molecule has 6 heteroatoms. The van der Waals surface area contributed by atoms with Crippen molar-refractivity contribution in [2.75, 3.05) is 19.1 Å². The van der Waals surface area contributed by atoms with E-state index in [0.29, 0.717) is 11.6 Å². The highest BCUT2D eigenvalue weighted by molar-refractivity contribution is 5.93. The lowest BCUT2D eigenvalue weighted by molar-refractivity contribution is 0.415. The van der Waals surface area contributed by atoms with Crippen LogP contribution in [0.3, 0.4) is 0 Å². The SMILES string of the molecule is COc1ccc(N(C)c2nccc(C(=N)N)n2)cc1. The Morgan fingerprint density at radius 1 is 1.26 bits per heavy atom. The number of aromatic nitrogens is 2. The van der Waals surface area contributed by atoms with Crippen LogP contribution < -0.4 is 15.4 Å². The van der Waals surface area contributed by atoms with Crippen LogP contribution in [0.15, 0.2) is 36.5 Å². The predicted molar refractivity (Wildman–Crippen MR) is 74.1 cm³/mol. The topological polar surface area (TPSA) is 88.1 Å². The van der Waals surface area contributed by atoms with E-state index in [9.17, 15) is 0 Å². The molecule has 2 rings (SSSR count). The molecule has 0 fully saturated rings. The fraction of sp³-hybridized carbons (Fsp3) is 0.154. The summed E-state index contributed by atoms with van der Waals surface area (Å²) < 4.78 is 5.11. The monoisotopic (exact) mass is 257 g/mol. The number of hydrogen-bond donors (Lipinski definition) is 2. The zero-order chi connectivity index (χ0) is 13.8. The van der Waals surface area contributed by atoms with Gasteiger partial charge in [-0.2, -0.15) is 0 Å². The Kier molecular flexibility index (Phi) is 3.61. The van der Waals surface area contributed by atoms with E-state index in [-0.39, 0.29) is 5.84 Å². The van der Waals surface area contributed by atoms with Crippen molar-refractivity contribution in [2.24, 2.45) is 5.73 Å². The number of amidine groups is 1. The van der Waals surface area contributed by atoms with E-state index >= 15 is 0 Å². The van der Waals surface area contributed by atoms with Crippen LogP contribution in [0, 0.1) is 5.41 Å². The maximum atomic E-state index is 7.38. The summed E-state index contributed by atoms with van der Waals surface area (Å²) in [6, 6.07) is 9.14. The lowest BCUT2D eigenvalue weighted by Crippen LogP contribution is -2.18. The van der Waals surface area contributed by atoms with E-state index in [2.05, 4.69) is 9.97 Å². The first-order valence-corrected chi connectivity index (χ1v) is 5.67. The van der Waals surface area contributed by atoms with Gasteiger partial charge in [0, 0.05) is 18.9 Å². The molecule has 0 aliphatic carbocycles. The highest BCUT2D eigenvalue weighted by atomic mass is 16.5. The zero-order valence-electron chi connectivity index (χ0n) is 10.8. The predicted octanol–water partition coefficient (Wildman–Crippen LogP) is 1.54. The standard InChI is InChI=1S/C13H15N5O/c1-18(9-3-5-10(19-2)6-4-9)13-16-8-7-11(17-13)12(14)15/h3-8H,1-2H3,(H3,14,15). The van der Waals surface area contributed by atoms with Gasteiger partial charge >= 0.3 is 0 Å². The first-order chi connectivity index (χ1) is 9.11. The van der Waals surface area contributed by atoms with Crippen molar-refractivity contribution >= 4 is 17.5 Å². The van der Waals surface area contributed by atoms with Crippen LogP contribution in [-0.2, 0) is 0 Å². The largest absolute Gasteiger partial charge is 0.497 e. The number of methoxy groups -OCH3 is 1. The highest BCUT2D eigenvalue weighted by Crippen LogP contribution is 2.22. The summed E-state index contributed by atoms with van der Waals surface area (Å²) in [6.45, 7) is 0. The molecule has 0 saturated heterocycles. The Labute approximate surface area is 111 Å². The summed E-state index contributed by atoms with van der Waals surface area (Å²) in [5.41, 5.74) is 6.74. The summed E-state index contributed by atoms with van der Waals surface area (Å²) in [6.07, 6.45) is 1.58. The number of hydrogen-bond acceptors (Lipinski definition) is 5. The number of nitrogens with two attached hydrogens (primary N) is 1. The summed E-state index contributed by atoms with van der Waals surface area (Å²) in [4.78, 5) is 10.2. The van der Waals surface area contributed by atoms with Crippen LogP contribution in [-0.4, -0.2) is 30.0 Å². The molecule has 98 valence electrons. The van der Waals surface area contributed by atoms with E-state index in [4.69, 9.17) is 15.9 Å². The van der Waals surface area contributed by atoms with Crippen molar-refractivity contribution in [1.82, 2.24) is 9.97 Å². The third kappa shape index (κ3) is 2.79. The molecular weight excluding hydrogens is 242 g/mol.